The molecular weight excluding hydrogens is 238 g/mol. The van der Waals surface area contributed by atoms with E-state index in [0.29, 0.717) is 0 Å². The third kappa shape index (κ3) is 2.38. The molecule has 0 fully saturated rings. The number of rotatable bonds is 2. The third-order valence-corrected chi connectivity index (χ3v) is 3.70. The molecule has 0 saturated carbocycles. The number of anilines is 1. The SMILES string of the molecule is Cc1ccncc1NC1CCCc2[nH]c(=O)ccc21. The zero-order valence-corrected chi connectivity index (χ0v) is 10.9. The van der Waals surface area contributed by atoms with E-state index in [1.54, 1.807) is 12.3 Å². The molecule has 0 spiro atoms. The van der Waals surface area contributed by atoms with E-state index in [-0.39, 0.29) is 11.6 Å². The van der Waals surface area contributed by atoms with Gasteiger partial charge in [-0.3, -0.25) is 9.78 Å². The zero-order chi connectivity index (χ0) is 13.2. The smallest absolute Gasteiger partial charge is 0.248 e. The van der Waals surface area contributed by atoms with Gasteiger partial charge in [0.2, 0.25) is 5.56 Å². The molecule has 0 aliphatic heterocycles. The number of aryl methyl sites for hydroxylation is 2. The van der Waals surface area contributed by atoms with Gasteiger partial charge >= 0.3 is 0 Å². The summed E-state index contributed by atoms with van der Waals surface area (Å²) >= 11 is 0. The minimum absolute atomic E-state index is 0.0167. The van der Waals surface area contributed by atoms with Gasteiger partial charge < -0.3 is 10.3 Å². The van der Waals surface area contributed by atoms with Crippen LogP contribution in [-0.4, -0.2) is 9.97 Å². The number of fused-ring (bicyclic) bond motifs is 1. The number of nitrogens with one attached hydrogen (secondary N) is 2. The van der Waals surface area contributed by atoms with Crippen molar-refractivity contribution in [3.05, 3.63) is 57.8 Å². The monoisotopic (exact) mass is 255 g/mol. The van der Waals surface area contributed by atoms with Gasteiger partial charge in [-0.15, -0.1) is 0 Å². The first-order valence-electron chi connectivity index (χ1n) is 6.63. The number of H-pyrrole nitrogens is 1. The average Bonchev–Trinajstić information content (AvgIpc) is 2.41. The van der Waals surface area contributed by atoms with Crippen molar-refractivity contribution in [2.75, 3.05) is 5.32 Å². The van der Waals surface area contributed by atoms with Crippen LogP contribution in [0.4, 0.5) is 5.69 Å². The second-order valence-electron chi connectivity index (χ2n) is 5.04. The molecule has 4 nitrogen and oxygen atoms in total. The van der Waals surface area contributed by atoms with Crippen LogP contribution in [0.25, 0.3) is 0 Å². The molecule has 0 amide bonds. The second-order valence-corrected chi connectivity index (χ2v) is 5.04. The van der Waals surface area contributed by atoms with Gasteiger partial charge in [-0.2, -0.15) is 0 Å². The Labute approximate surface area is 111 Å². The summed E-state index contributed by atoms with van der Waals surface area (Å²) in [4.78, 5) is 18.5. The van der Waals surface area contributed by atoms with Gasteiger partial charge in [0.1, 0.15) is 0 Å². The second kappa shape index (κ2) is 4.88. The molecule has 2 heterocycles. The predicted octanol–water partition coefficient (Wildman–Crippen LogP) is 2.57. The molecule has 4 heteroatoms. The maximum Gasteiger partial charge on any atom is 0.248 e. The van der Waals surface area contributed by atoms with Gasteiger partial charge in [0.15, 0.2) is 0 Å². The van der Waals surface area contributed by atoms with E-state index in [2.05, 4.69) is 22.2 Å². The van der Waals surface area contributed by atoms with Gasteiger partial charge in [-0.1, -0.05) is 0 Å². The van der Waals surface area contributed by atoms with Crippen LogP contribution in [0.5, 0.6) is 0 Å². The molecule has 19 heavy (non-hydrogen) atoms. The summed E-state index contributed by atoms with van der Waals surface area (Å²) in [6.45, 7) is 2.07. The number of aromatic nitrogens is 2. The Kier molecular flexibility index (Phi) is 3.07. The van der Waals surface area contributed by atoms with Crippen molar-refractivity contribution in [3.8, 4) is 0 Å². The number of hydrogen-bond donors (Lipinski definition) is 2. The first-order chi connectivity index (χ1) is 9.24. The fraction of sp³-hybridized carbons (Fsp3) is 0.333. The van der Waals surface area contributed by atoms with Crippen molar-refractivity contribution >= 4 is 5.69 Å². The van der Waals surface area contributed by atoms with E-state index in [1.807, 2.05) is 18.3 Å². The molecule has 1 aliphatic carbocycles. The number of nitrogens with zero attached hydrogens (tertiary/aromatic N) is 1. The van der Waals surface area contributed by atoms with Crippen LogP contribution >= 0.6 is 0 Å². The number of aromatic amines is 1. The molecule has 0 bridgehead atoms. The summed E-state index contributed by atoms with van der Waals surface area (Å²) in [5, 5.41) is 3.54. The Morgan fingerprint density at radius 2 is 2.26 bits per heavy atom. The van der Waals surface area contributed by atoms with Crippen molar-refractivity contribution in [2.45, 2.75) is 32.2 Å². The lowest BCUT2D eigenvalue weighted by molar-refractivity contribution is 0.586. The highest BCUT2D eigenvalue weighted by Crippen LogP contribution is 2.31. The van der Waals surface area contributed by atoms with Gasteiger partial charge in [-0.25, -0.2) is 0 Å². The molecule has 0 aromatic carbocycles. The van der Waals surface area contributed by atoms with Gasteiger partial charge in [0.25, 0.3) is 0 Å². The van der Waals surface area contributed by atoms with Crippen LogP contribution in [0.2, 0.25) is 0 Å². The maximum absolute atomic E-state index is 11.4. The van der Waals surface area contributed by atoms with Crippen LogP contribution in [0.1, 0.15) is 35.7 Å². The lowest BCUT2D eigenvalue weighted by atomic mass is 9.91. The van der Waals surface area contributed by atoms with Crippen LogP contribution in [0, 0.1) is 6.92 Å². The Balaban J connectivity index is 1.92. The highest BCUT2D eigenvalue weighted by molar-refractivity contribution is 5.50. The van der Waals surface area contributed by atoms with E-state index in [0.717, 1.165) is 30.6 Å². The normalized spacial score (nSPS) is 17.8. The molecule has 0 saturated heterocycles. The minimum atomic E-state index is -0.0167. The van der Waals surface area contributed by atoms with E-state index < -0.39 is 0 Å². The lowest BCUT2D eigenvalue weighted by Gasteiger charge is -2.27. The maximum atomic E-state index is 11.4. The summed E-state index contributed by atoms with van der Waals surface area (Å²) in [7, 11) is 0. The van der Waals surface area contributed by atoms with Crippen molar-refractivity contribution in [2.24, 2.45) is 0 Å². The predicted molar refractivity (Wildman–Crippen MR) is 75.3 cm³/mol. The minimum Gasteiger partial charge on any atom is -0.377 e. The molecule has 1 atom stereocenters. The van der Waals surface area contributed by atoms with Crippen LogP contribution in [0.3, 0.4) is 0 Å². The summed E-state index contributed by atoms with van der Waals surface area (Å²) in [6, 6.07) is 5.80. The van der Waals surface area contributed by atoms with E-state index in [9.17, 15) is 4.79 Å². The summed E-state index contributed by atoms with van der Waals surface area (Å²) < 4.78 is 0. The lowest BCUT2D eigenvalue weighted by Crippen LogP contribution is -2.21. The number of pyridine rings is 2. The van der Waals surface area contributed by atoms with Gasteiger partial charge in [0, 0.05) is 18.0 Å². The van der Waals surface area contributed by atoms with E-state index >= 15 is 0 Å². The zero-order valence-electron chi connectivity index (χ0n) is 10.9. The molecule has 3 rings (SSSR count). The van der Waals surface area contributed by atoms with Crippen molar-refractivity contribution in [3.63, 3.8) is 0 Å². The molecular formula is C15H17N3O. The van der Waals surface area contributed by atoms with Crippen molar-refractivity contribution < 1.29 is 0 Å². The van der Waals surface area contributed by atoms with Crippen LogP contribution in [-0.2, 0) is 6.42 Å². The fourth-order valence-electron chi connectivity index (χ4n) is 2.65. The Bertz CT molecular complexity index is 648. The van der Waals surface area contributed by atoms with Crippen LogP contribution < -0.4 is 10.9 Å². The molecule has 1 unspecified atom stereocenters. The highest BCUT2D eigenvalue weighted by Gasteiger charge is 2.20. The third-order valence-electron chi connectivity index (χ3n) is 3.70. The standard InChI is InChI=1S/C15H17N3O/c1-10-7-8-16-9-14(10)17-12-3-2-4-13-11(12)5-6-15(19)18-13/h5-9,12,17H,2-4H2,1H3,(H,18,19). The Hall–Kier alpha value is -2.10. The van der Waals surface area contributed by atoms with Gasteiger partial charge in [-0.05, 0) is 49.4 Å². The molecule has 2 N–H and O–H groups in total. The first-order valence-corrected chi connectivity index (χ1v) is 6.63. The highest BCUT2D eigenvalue weighted by atomic mass is 16.1. The summed E-state index contributed by atoms with van der Waals surface area (Å²) in [6.07, 6.45) is 6.77. The molecule has 98 valence electrons. The molecule has 1 aliphatic rings. The molecule has 2 aromatic heterocycles. The number of hydrogen-bond acceptors (Lipinski definition) is 3. The van der Waals surface area contributed by atoms with E-state index in [1.165, 1.54) is 11.1 Å². The largest absolute Gasteiger partial charge is 0.377 e. The Morgan fingerprint density at radius 1 is 1.37 bits per heavy atom. The van der Waals surface area contributed by atoms with Gasteiger partial charge in [0.05, 0.1) is 17.9 Å². The molecule has 2 aromatic rings. The van der Waals surface area contributed by atoms with Crippen LogP contribution in [0.15, 0.2) is 35.4 Å². The summed E-state index contributed by atoms with van der Waals surface area (Å²) in [5.74, 6) is 0. The van der Waals surface area contributed by atoms with Crippen molar-refractivity contribution in [1.82, 2.24) is 9.97 Å². The average molecular weight is 255 g/mol. The van der Waals surface area contributed by atoms with E-state index in [4.69, 9.17) is 0 Å². The Morgan fingerprint density at radius 3 is 3.11 bits per heavy atom. The quantitative estimate of drug-likeness (QED) is 0.867. The fourth-order valence-corrected chi connectivity index (χ4v) is 2.65. The summed E-state index contributed by atoms with van der Waals surface area (Å²) in [5.41, 5.74) is 4.50. The van der Waals surface area contributed by atoms with Crippen molar-refractivity contribution in [1.29, 1.82) is 0 Å². The molecule has 0 radical (unpaired) electrons. The first kappa shape index (κ1) is 12.0. The topological polar surface area (TPSA) is 57.8 Å².